The largest absolute Gasteiger partial charge is 0.368 e. The van der Waals surface area contributed by atoms with Crippen LogP contribution in [-0.4, -0.2) is 16.8 Å². The molecule has 0 radical (unpaired) electrons. The van der Waals surface area contributed by atoms with Gasteiger partial charge in [-0.15, -0.1) is 0 Å². The zero-order valence-electron chi connectivity index (χ0n) is 13.7. The number of primary amides is 1. The Balaban J connectivity index is 1.81. The van der Waals surface area contributed by atoms with Gasteiger partial charge in [-0.1, -0.05) is 42.5 Å². The lowest BCUT2D eigenvalue weighted by Crippen LogP contribution is -2.37. The van der Waals surface area contributed by atoms with Gasteiger partial charge in [0.1, 0.15) is 11.9 Å². The van der Waals surface area contributed by atoms with Crippen molar-refractivity contribution in [1.29, 1.82) is 0 Å². The number of carbonyl (C=O) groups is 2. The van der Waals surface area contributed by atoms with E-state index in [1.165, 1.54) is 24.3 Å². The molecule has 0 fully saturated rings. The van der Waals surface area contributed by atoms with Gasteiger partial charge in [0.15, 0.2) is 0 Å². The lowest BCUT2D eigenvalue weighted by atomic mass is 10.1. The fraction of sp³-hybridized carbons (Fsp3) is 0.0500. The highest BCUT2D eigenvalue weighted by Crippen LogP contribution is 2.18. The minimum absolute atomic E-state index is 0.0218. The minimum Gasteiger partial charge on any atom is -0.368 e. The van der Waals surface area contributed by atoms with Gasteiger partial charge in [-0.2, -0.15) is 0 Å². The number of rotatable bonds is 5. The normalized spacial score (nSPS) is 12.2. The van der Waals surface area contributed by atoms with Crippen LogP contribution in [0.25, 0.3) is 17.0 Å². The standard InChI is InChI=1S/C20H16FN3O2/c21-16-9-2-1-8-15(16)19(20(22)26)24-17(25)11-10-14-6-3-5-13-7-4-12-23-18(13)14/h1-12,19H,(H2,22,26)(H,24,25)/b11-10-/t19-/m1/s1. The second-order valence-corrected chi connectivity index (χ2v) is 5.62. The second kappa shape index (κ2) is 7.57. The third-order valence-electron chi connectivity index (χ3n) is 3.87. The molecule has 0 unspecified atom stereocenters. The molecule has 0 saturated carbocycles. The molecule has 2 aromatic carbocycles. The van der Waals surface area contributed by atoms with Crippen LogP contribution in [0.3, 0.4) is 0 Å². The third kappa shape index (κ3) is 3.75. The van der Waals surface area contributed by atoms with Gasteiger partial charge in [0, 0.05) is 28.8 Å². The zero-order valence-corrected chi connectivity index (χ0v) is 13.7. The lowest BCUT2D eigenvalue weighted by Gasteiger charge is -2.15. The Morgan fingerprint density at radius 3 is 2.62 bits per heavy atom. The number of aromatic nitrogens is 1. The van der Waals surface area contributed by atoms with Gasteiger partial charge >= 0.3 is 0 Å². The summed E-state index contributed by atoms with van der Waals surface area (Å²) >= 11 is 0. The molecule has 3 N–H and O–H groups in total. The first-order valence-corrected chi connectivity index (χ1v) is 7.92. The molecule has 1 atom stereocenters. The summed E-state index contributed by atoms with van der Waals surface area (Å²) in [6.07, 6.45) is 4.52. The number of fused-ring (bicyclic) bond motifs is 1. The summed E-state index contributed by atoms with van der Waals surface area (Å²) < 4.78 is 13.9. The van der Waals surface area contributed by atoms with E-state index >= 15 is 0 Å². The Hall–Kier alpha value is -3.54. The molecule has 5 nitrogen and oxygen atoms in total. The van der Waals surface area contributed by atoms with Gasteiger partial charge < -0.3 is 11.1 Å². The summed E-state index contributed by atoms with van der Waals surface area (Å²) in [7, 11) is 0. The summed E-state index contributed by atoms with van der Waals surface area (Å²) in [5, 5.41) is 3.37. The van der Waals surface area contributed by atoms with Crippen LogP contribution >= 0.6 is 0 Å². The number of hydrogen-bond donors (Lipinski definition) is 2. The molecule has 26 heavy (non-hydrogen) atoms. The number of nitrogens with two attached hydrogens (primary N) is 1. The van der Waals surface area contributed by atoms with E-state index < -0.39 is 23.7 Å². The van der Waals surface area contributed by atoms with Crippen LogP contribution in [0.4, 0.5) is 4.39 Å². The average molecular weight is 349 g/mol. The van der Waals surface area contributed by atoms with Crippen molar-refractivity contribution in [3.8, 4) is 0 Å². The first-order chi connectivity index (χ1) is 12.6. The Morgan fingerprint density at radius 2 is 1.85 bits per heavy atom. The van der Waals surface area contributed by atoms with Crippen molar-refractivity contribution in [2.24, 2.45) is 5.73 Å². The molecular weight excluding hydrogens is 333 g/mol. The molecule has 130 valence electrons. The number of benzene rings is 2. The van der Waals surface area contributed by atoms with Crippen LogP contribution in [0.2, 0.25) is 0 Å². The number of carbonyl (C=O) groups excluding carboxylic acids is 2. The van der Waals surface area contributed by atoms with E-state index in [1.807, 2.05) is 30.3 Å². The monoisotopic (exact) mass is 349 g/mol. The van der Waals surface area contributed by atoms with E-state index in [0.29, 0.717) is 0 Å². The number of nitrogens with zero attached hydrogens (tertiary/aromatic N) is 1. The van der Waals surface area contributed by atoms with E-state index in [2.05, 4.69) is 10.3 Å². The van der Waals surface area contributed by atoms with E-state index in [-0.39, 0.29) is 5.56 Å². The Kier molecular flexibility index (Phi) is 5.03. The first kappa shape index (κ1) is 17.3. The zero-order chi connectivity index (χ0) is 18.5. The molecule has 0 spiro atoms. The number of pyridine rings is 1. The predicted molar refractivity (Wildman–Crippen MR) is 97.3 cm³/mol. The van der Waals surface area contributed by atoms with E-state index in [4.69, 9.17) is 5.73 Å². The van der Waals surface area contributed by atoms with Crippen molar-refractivity contribution in [1.82, 2.24) is 10.3 Å². The van der Waals surface area contributed by atoms with Crippen LogP contribution in [0, 0.1) is 5.82 Å². The molecule has 2 amide bonds. The van der Waals surface area contributed by atoms with E-state index in [1.54, 1.807) is 18.3 Å². The van der Waals surface area contributed by atoms with Crippen molar-refractivity contribution in [3.63, 3.8) is 0 Å². The first-order valence-electron chi connectivity index (χ1n) is 7.92. The Bertz CT molecular complexity index is 996. The van der Waals surface area contributed by atoms with E-state index in [0.717, 1.165) is 16.5 Å². The molecule has 0 aliphatic heterocycles. The predicted octanol–water partition coefficient (Wildman–Crippen LogP) is 2.73. The molecule has 1 aromatic heterocycles. The molecule has 0 saturated heterocycles. The molecule has 1 heterocycles. The highest BCUT2D eigenvalue weighted by molar-refractivity contribution is 5.97. The van der Waals surface area contributed by atoms with Crippen LogP contribution in [-0.2, 0) is 9.59 Å². The molecule has 0 aliphatic rings. The lowest BCUT2D eigenvalue weighted by molar-refractivity contribution is -0.125. The van der Waals surface area contributed by atoms with Crippen LogP contribution in [0.15, 0.2) is 66.9 Å². The van der Waals surface area contributed by atoms with Crippen molar-refractivity contribution < 1.29 is 14.0 Å². The molecule has 0 aliphatic carbocycles. The maximum absolute atomic E-state index is 13.9. The summed E-state index contributed by atoms with van der Waals surface area (Å²) in [5.41, 5.74) is 6.83. The van der Waals surface area contributed by atoms with Gasteiger partial charge in [-0.05, 0) is 18.2 Å². The maximum Gasteiger partial charge on any atom is 0.244 e. The van der Waals surface area contributed by atoms with Gasteiger partial charge in [0.25, 0.3) is 0 Å². The maximum atomic E-state index is 13.9. The topological polar surface area (TPSA) is 85.1 Å². The smallest absolute Gasteiger partial charge is 0.244 e. The van der Waals surface area contributed by atoms with Crippen molar-refractivity contribution in [3.05, 3.63) is 83.8 Å². The number of nitrogens with one attached hydrogen (secondary N) is 1. The summed E-state index contributed by atoms with van der Waals surface area (Å²) in [5.74, 6) is -2.02. The van der Waals surface area contributed by atoms with Crippen LogP contribution < -0.4 is 11.1 Å². The number of hydrogen-bond acceptors (Lipinski definition) is 3. The second-order valence-electron chi connectivity index (χ2n) is 5.62. The van der Waals surface area contributed by atoms with Gasteiger partial charge in [-0.25, -0.2) is 4.39 Å². The third-order valence-corrected chi connectivity index (χ3v) is 3.87. The summed E-state index contributed by atoms with van der Waals surface area (Å²) in [6, 6.07) is 13.8. The Labute approximate surface area is 149 Å². The minimum atomic E-state index is -1.25. The fourth-order valence-electron chi connectivity index (χ4n) is 2.63. The van der Waals surface area contributed by atoms with Crippen molar-refractivity contribution in [2.45, 2.75) is 6.04 Å². The van der Waals surface area contributed by atoms with Gasteiger partial charge in [-0.3, -0.25) is 14.6 Å². The SMILES string of the molecule is NC(=O)[C@H](NC(=O)/C=C\c1cccc2cccnc12)c1ccccc1F. The van der Waals surface area contributed by atoms with Gasteiger partial charge in [0.2, 0.25) is 11.8 Å². The highest BCUT2D eigenvalue weighted by atomic mass is 19.1. The fourth-order valence-corrected chi connectivity index (χ4v) is 2.63. The average Bonchev–Trinajstić information content (AvgIpc) is 2.65. The molecule has 3 aromatic rings. The molecule has 6 heteroatoms. The van der Waals surface area contributed by atoms with Gasteiger partial charge in [0.05, 0.1) is 5.52 Å². The van der Waals surface area contributed by atoms with Crippen LogP contribution in [0.1, 0.15) is 17.2 Å². The molecule has 0 bridgehead atoms. The summed E-state index contributed by atoms with van der Waals surface area (Å²) in [4.78, 5) is 28.1. The number of halogens is 1. The number of amides is 2. The quantitative estimate of drug-likeness (QED) is 0.695. The summed E-state index contributed by atoms with van der Waals surface area (Å²) in [6.45, 7) is 0. The van der Waals surface area contributed by atoms with Crippen LogP contribution in [0.5, 0.6) is 0 Å². The number of para-hydroxylation sites is 1. The Morgan fingerprint density at radius 1 is 1.08 bits per heavy atom. The van der Waals surface area contributed by atoms with Crippen molar-refractivity contribution >= 4 is 28.8 Å². The van der Waals surface area contributed by atoms with Crippen molar-refractivity contribution in [2.75, 3.05) is 0 Å². The molecule has 3 rings (SSSR count). The highest BCUT2D eigenvalue weighted by Gasteiger charge is 2.22. The molecular formula is C20H16FN3O2. The van der Waals surface area contributed by atoms with E-state index in [9.17, 15) is 14.0 Å².